The molecule has 0 saturated heterocycles. The molecule has 0 amide bonds. The van der Waals surface area contributed by atoms with Crippen LogP contribution >= 0.6 is 12.4 Å². The van der Waals surface area contributed by atoms with Crippen LogP contribution in [0.2, 0.25) is 0 Å². The Labute approximate surface area is 103 Å². The van der Waals surface area contributed by atoms with Gasteiger partial charge in [0.25, 0.3) is 0 Å². The van der Waals surface area contributed by atoms with Crippen molar-refractivity contribution in [3.8, 4) is 11.5 Å². The van der Waals surface area contributed by atoms with Crippen LogP contribution in [0.1, 0.15) is 26.3 Å². The normalized spacial score (nSPS) is 10.8. The molecule has 0 spiro atoms. The van der Waals surface area contributed by atoms with Gasteiger partial charge < -0.3 is 15.2 Å². The summed E-state index contributed by atoms with van der Waals surface area (Å²) >= 11 is 0. The second-order valence-electron chi connectivity index (χ2n) is 4.61. The number of rotatable bonds is 3. The lowest BCUT2D eigenvalue weighted by molar-refractivity contribution is 0.371. The number of ether oxygens (including phenoxy) is 1. The van der Waals surface area contributed by atoms with E-state index in [1.165, 1.54) is 0 Å². The van der Waals surface area contributed by atoms with E-state index >= 15 is 0 Å². The smallest absolute Gasteiger partial charge is 0.160 e. The average Bonchev–Trinajstić information content (AvgIpc) is 2.15. The molecule has 0 bridgehead atoms. The van der Waals surface area contributed by atoms with E-state index in [1.54, 1.807) is 13.2 Å². The summed E-state index contributed by atoms with van der Waals surface area (Å²) in [5.41, 5.74) is 1.19. The molecule has 0 fully saturated rings. The standard InChI is InChI=1S/C12H19NO2.ClH/c1-12(2,3)13-8-9-5-6-10(14)11(7-9)15-4;/h5-7,13-14H,8H2,1-4H3;1H. The Morgan fingerprint density at radius 3 is 2.44 bits per heavy atom. The number of hydrogen-bond acceptors (Lipinski definition) is 3. The van der Waals surface area contributed by atoms with Crippen LogP contribution in [0.3, 0.4) is 0 Å². The van der Waals surface area contributed by atoms with E-state index in [-0.39, 0.29) is 23.7 Å². The van der Waals surface area contributed by atoms with E-state index in [0.29, 0.717) is 5.75 Å². The summed E-state index contributed by atoms with van der Waals surface area (Å²) in [5, 5.41) is 12.8. The first-order valence-corrected chi connectivity index (χ1v) is 5.03. The van der Waals surface area contributed by atoms with Crippen LogP contribution < -0.4 is 10.1 Å². The van der Waals surface area contributed by atoms with Gasteiger partial charge in [0.15, 0.2) is 11.5 Å². The predicted octanol–water partition coefficient (Wildman–Crippen LogP) is 2.71. The molecular formula is C12H20ClNO2. The Kier molecular flexibility index (Phi) is 5.62. The third kappa shape index (κ3) is 4.73. The first-order valence-electron chi connectivity index (χ1n) is 5.03. The molecule has 1 rings (SSSR count). The fourth-order valence-corrected chi connectivity index (χ4v) is 1.20. The zero-order valence-electron chi connectivity index (χ0n) is 10.2. The number of halogens is 1. The van der Waals surface area contributed by atoms with E-state index in [9.17, 15) is 5.11 Å². The SMILES string of the molecule is COc1cc(CNC(C)(C)C)ccc1O.Cl. The maximum absolute atomic E-state index is 9.42. The van der Waals surface area contributed by atoms with Crippen molar-refractivity contribution in [3.63, 3.8) is 0 Å². The summed E-state index contributed by atoms with van der Waals surface area (Å²) < 4.78 is 5.04. The van der Waals surface area contributed by atoms with Crippen LogP contribution in [0.5, 0.6) is 11.5 Å². The number of hydrogen-bond donors (Lipinski definition) is 2. The predicted molar refractivity (Wildman–Crippen MR) is 68.5 cm³/mol. The molecule has 16 heavy (non-hydrogen) atoms. The lowest BCUT2D eigenvalue weighted by Gasteiger charge is -2.20. The van der Waals surface area contributed by atoms with Gasteiger partial charge in [0.05, 0.1) is 7.11 Å². The topological polar surface area (TPSA) is 41.5 Å². The van der Waals surface area contributed by atoms with Crippen LogP contribution in [0.4, 0.5) is 0 Å². The van der Waals surface area contributed by atoms with Gasteiger partial charge in [-0.3, -0.25) is 0 Å². The fraction of sp³-hybridized carbons (Fsp3) is 0.500. The van der Waals surface area contributed by atoms with Gasteiger partial charge in [-0.15, -0.1) is 12.4 Å². The van der Waals surface area contributed by atoms with Crippen LogP contribution in [0.15, 0.2) is 18.2 Å². The van der Waals surface area contributed by atoms with Crippen molar-refractivity contribution < 1.29 is 9.84 Å². The van der Waals surface area contributed by atoms with Crippen molar-refractivity contribution >= 4 is 12.4 Å². The van der Waals surface area contributed by atoms with Crippen LogP contribution in [-0.2, 0) is 6.54 Å². The summed E-state index contributed by atoms with van der Waals surface area (Å²) in [6.07, 6.45) is 0. The van der Waals surface area contributed by atoms with Crippen LogP contribution in [0, 0.1) is 0 Å². The zero-order chi connectivity index (χ0) is 11.5. The maximum Gasteiger partial charge on any atom is 0.160 e. The molecule has 0 radical (unpaired) electrons. The fourth-order valence-electron chi connectivity index (χ4n) is 1.20. The molecule has 0 aromatic heterocycles. The summed E-state index contributed by atoms with van der Waals surface area (Å²) in [5.74, 6) is 0.695. The zero-order valence-corrected chi connectivity index (χ0v) is 11.0. The first-order chi connectivity index (χ1) is 6.92. The van der Waals surface area contributed by atoms with Gasteiger partial charge >= 0.3 is 0 Å². The lowest BCUT2D eigenvalue weighted by atomic mass is 10.1. The molecule has 0 atom stereocenters. The molecule has 0 saturated carbocycles. The van der Waals surface area contributed by atoms with Crippen molar-refractivity contribution in [1.82, 2.24) is 5.32 Å². The number of methoxy groups -OCH3 is 1. The minimum absolute atomic E-state index is 0. The third-order valence-corrected chi connectivity index (χ3v) is 2.07. The van der Waals surface area contributed by atoms with Gasteiger partial charge in [-0.1, -0.05) is 6.07 Å². The van der Waals surface area contributed by atoms with E-state index < -0.39 is 0 Å². The maximum atomic E-state index is 9.42. The van der Waals surface area contributed by atoms with Gasteiger partial charge in [-0.05, 0) is 38.5 Å². The Morgan fingerprint density at radius 1 is 1.31 bits per heavy atom. The number of phenols is 1. The highest BCUT2D eigenvalue weighted by atomic mass is 35.5. The average molecular weight is 246 g/mol. The highest BCUT2D eigenvalue weighted by Gasteiger charge is 2.09. The molecule has 0 heterocycles. The number of phenolic OH excluding ortho intramolecular Hbond substituents is 1. The molecule has 0 aliphatic heterocycles. The van der Waals surface area contributed by atoms with Crippen molar-refractivity contribution in [2.45, 2.75) is 32.9 Å². The second-order valence-corrected chi connectivity index (χ2v) is 4.61. The van der Waals surface area contributed by atoms with Crippen molar-refractivity contribution in [3.05, 3.63) is 23.8 Å². The Hall–Kier alpha value is -0.930. The van der Waals surface area contributed by atoms with Gasteiger partial charge in [0.1, 0.15) is 0 Å². The molecule has 4 heteroatoms. The molecule has 2 N–H and O–H groups in total. The number of aromatic hydroxyl groups is 1. The van der Waals surface area contributed by atoms with Crippen molar-refractivity contribution in [2.75, 3.05) is 7.11 Å². The minimum Gasteiger partial charge on any atom is -0.504 e. The molecular weight excluding hydrogens is 226 g/mol. The third-order valence-electron chi connectivity index (χ3n) is 2.07. The lowest BCUT2D eigenvalue weighted by Crippen LogP contribution is -2.35. The Bertz CT molecular complexity index is 334. The van der Waals surface area contributed by atoms with E-state index in [2.05, 4.69) is 26.1 Å². The molecule has 1 aromatic carbocycles. The first kappa shape index (κ1) is 15.1. The van der Waals surface area contributed by atoms with Crippen molar-refractivity contribution in [1.29, 1.82) is 0 Å². The van der Waals surface area contributed by atoms with Crippen LogP contribution in [0.25, 0.3) is 0 Å². The van der Waals surface area contributed by atoms with Gasteiger partial charge in [-0.2, -0.15) is 0 Å². The van der Waals surface area contributed by atoms with E-state index in [1.807, 2.05) is 12.1 Å². The number of benzene rings is 1. The van der Waals surface area contributed by atoms with Crippen LogP contribution in [-0.4, -0.2) is 17.8 Å². The summed E-state index contributed by atoms with van der Waals surface area (Å²) in [6, 6.07) is 5.38. The Balaban J connectivity index is 0.00000225. The monoisotopic (exact) mass is 245 g/mol. The summed E-state index contributed by atoms with van der Waals surface area (Å²) in [7, 11) is 1.55. The molecule has 1 aromatic rings. The van der Waals surface area contributed by atoms with Gasteiger partial charge in [0.2, 0.25) is 0 Å². The molecule has 0 unspecified atom stereocenters. The second kappa shape index (κ2) is 5.97. The molecule has 0 aliphatic rings. The van der Waals surface area contributed by atoms with Gasteiger partial charge in [0, 0.05) is 12.1 Å². The summed E-state index contributed by atoms with van der Waals surface area (Å²) in [6.45, 7) is 7.11. The summed E-state index contributed by atoms with van der Waals surface area (Å²) in [4.78, 5) is 0. The number of nitrogens with one attached hydrogen (secondary N) is 1. The molecule has 92 valence electrons. The molecule has 0 aliphatic carbocycles. The van der Waals surface area contributed by atoms with Gasteiger partial charge in [-0.25, -0.2) is 0 Å². The highest BCUT2D eigenvalue weighted by Crippen LogP contribution is 2.26. The van der Waals surface area contributed by atoms with E-state index in [4.69, 9.17) is 4.74 Å². The minimum atomic E-state index is 0. The quantitative estimate of drug-likeness (QED) is 0.861. The highest BCUT2D eigenvalue weighted by molar-refractivity contribution is 5.85. The molecule has 3 nitrogen and oxygen atoms in total. The van der Waals surface area contributed by atoms with E-state index in [0.717, 1.165) is 12.1 Å². The largest absolute Gasteiger partial charge is 0.504 e. The Morgan fingerprint density at radius 2 is 1.94 bits per heavy atom. The van der Waals surface area contributed by atoms with Crippen molar-refractivity contribution in [2.24, 2.45) is 0 Å².